The minimum Gasteiger partial charge on any atom is -0.258 e. The molecule has 0 amide bonds. The molecular weight excluding hydrogens is 364 g/mol. The maximum Gasteiger partial charge on any atom is 0.300 e. The molecule has 0 radical (unpaired) electrons. The van der Waals surface area contributed by atoms with Crippen LogP contribution in [0.25, 0.3) is 0 Å². The summed E-state index contributed by atoms with van der Waals surface area (Å²) in [7, 11) is -7.04. The molecule has 0 spiro atoms. The van der Waals surface area contributed by atoms with Crippen molar-refractivity contribution in [2.45, 2.75) is 23.1 Å². The third kappa shape index (κ3) is 3.92. The van der Waals surface area contributed by atoms with E-state index in [4.69, 9.17) is 11.6 Å². The van der Waals surface area contributed by atoms with Crippen LogP contribution in [0.15, 0.2) is 10.3 Å². The van der Waals surface area contributed by atoms with Gasteiger partial charge in [-0.15, -0.1) is 11.3 Å². The van der Waals surface area contributed by atoms with Crippen LogP contribution in [0.4, 0.5) is 5.69 Å². The van der Waals surface area contributed by atoms with E-state index in [0.29, 0.717) is 11.3 Å². The molecule has 1 aromatic rings. The number of hydrogen-bond donors (Lipinski definition) is 1. The number of sulfonamides is 1. The van der Waals surface area contributed by atoms with E-state index in [1.54, 1.807) is 0 Å². The summed E-state index contributed by atoms with van der Waals surface area (Å²) in [5.41, 5.74) is -0.465. The summed E-state index contributed by atoms with van der Waals surface area (Å²) in [6.45, 7) is 0. The molecule has 0 aliphatic carbocycles. The molecule has 21 heavy (non-hydrogen) atoms. The van der Waals surface area contributed by atoms with Crippen molar-refractivity contribution in [1.82, 2.24) is 4.72 Å². The van der Waals surface area contributed by atoms with E-state index in [2.05, 4.69) is 4.72 Å². The molecule has 0 saturated carbocycles. The van der Waals surface area contributed by atoms with Gasteiger partial charge in [0.05, 0.1) is 16.4 Å². The molecule has 12 heteroatoms. The van der Waals surface area contributed by atoms with E-state index in [9.17, 15) is 26.9 Å². The predicted molar refractivity (Wildman–Crippen MR) is 78.0 cm³/mol. The number of halogens is 1. The van der Waals surface area contributed by atoms with Crippen molar-refractivity contribution in [3.63, 3.8) is 0 Å². The van der Waals surface area contributed by atoms with Gasteiger partial charge in [0.25, 0.3) is 15.7 Å². The van der Waals surface area contributed by atoms with Gasteiger partial charge < -0.3 is 0 Å². The minimum absolute atomic E-state index is 0.0778. The zero-order chi connectivity index (χ0) is 15.8. The maximum absolute atomic E-state index is 12.1. The van der Waals surface area contributed by atoms with Crippen LogP contribution in [0.5, 0.6) is 0 Å². The lowest BCUT2D eigenvalue weighted by molar-refractivity contribution is -0.384. The second-order valence-electron chi connectivity index (χ2n) is 4.53. The Balaban J connectivity index is 2.16. The number of nitrogens with zero attached hydrogens (tertiary/aromatic N) is 1. The highest BCUT2D eigenvalue weighted by molar-refractivity contribution is 7.92. The first-order chi connectivity index (χ1) is 9.61. The fourth-order valence-corrected chi connectivity index (χ4v) is 6.36. The Morgan fingerprint density at radius 3 is 2.43 bits per heavy atom. The molecular formula is C9H11ClN2O6S3. The topological polar surface area (TPSA) is 123 Å². The second kappa shape index (κ2) is 5.80. The lowest BCUT2D eigenvalue weighted by atomic mass is 10.2. The quantitative estimate of drug-likeness (QED) is 0.623. The van der Waals surface area contributed by atoms with Gasteiger partial charge in [-0.1, -0.05) is 11.6 Å². The third-order valence-corrected chi connectivity index (χ3v) is 8.03. The van der Waals surface area contributed by atoms with E-state index in [0.717, 1.165) is 6.07 Å². The molecule has 1 N–H and O–H groups in total. The Labute approximate surface area is 130 Å². The first-order valence-corrected chi connectivity index (χ1v) is 10.3. The molecule has 1 aromatic heterocycles. The van der Waals surface area contributed by atoms with Crippen LogP contribution >= 0.6 is 22.9 Å². The van der Waals surface area contributed by atoms with Gasteiger partial charge in [0.15, 0.2) is 4.34 Å². The molecule has 0 aromatic carbocycles. The summed E-state index contributed by atoms with van der Waals surface area (Å²) in [6, 6.07) is 0.396. The average molecular weight is 375 g/mol. The van der Waals surface area contributed by atoms with Crippen LogP contribution in [0.2, 0.25) is 4.34 Å². The average Bonchev–Trinajstić information content (AvgIpc) is 2.75. The molecule has 0 atom stereocenters. The Morgan fingerprint density at radius 1 is 1.38 bits per heavy atom. The minimum atomic E-state index is -3.95. The van der Waals surface area contributed by atoms with Gasteiger partial charge in [0.2, 0.25) is 0 Å². The van der Waals surface area contributed by atoms with Crippen LogP contribution in [0.1, 0.15) is 12.8 Å². The number of hydrogen-bond acceptors (Lipinski definition) is 7. The smallest absolute Gasteiger partial charge is 0.258 e. The van der Waals surface area contributed by atoms with Crippen molar-refractivity contribution < 1.29 is 21.8 Å². The van der Waals surface area contributed by atoms with Crippen LogP contribution in [0, 0.1) is 10.1 Å². The van der Waals surface area contributed by atoms with Crippen LogP contribution in [0.3, 0.4) is 0 Å². The van der Waals surface area contributed by atoms with Crippen molar-refractivity contribution in [3.8, 4) is 0 Å². The van der Waals surface area contributed by atoms with Gasteiger partial charge in [-0.2, -0.15) is 0 Å². The van der Waals surface area contributed by atoms with Crippen molar-refractivity contribution in [1.29, 1.82) is 0 Å². The van der Waals surface area contributed by atoms with E-state index < -0.39 is 36.5 Å². The third-order valence-electron chi connectivity index (χ3n) is 2.98. The molecule has 1 fully saturated rings. The van der Waals surface area contributed by atoms with Crippen LogP contribution in [-0.2, 0) is 19.9 Å². The van der Waals surface area contributed by atoms with Gasteiger partial charge in [0.1, 0.15) is 14.0 Å². The standard InChI is InChI=1S/C9H11ClN2O6S3/c10-9-7(12(13)14)5-8(19-9)21(17,18)11-6-1-3-20(15,16)4-2-6/h5-6,11H,1-4H2. The fraction of sp³-hybridized carbons (Fsp3) is 0.556. The first-order valence-electron chi connectivity index (χ1n) is 5.77. The maximum atomic E-state index is 12.1. The highest BCUT2D eigenvalue weighted by Crippen LogP contribution is 2.36. The van der Waals surface area contributed by atoms with E-state index in [1.807, 2.05) is 0 Å². The van der Waals surface area contributed by atoms with Crippen molar-refractivity contribution >= 4 is 48.5 Å². The Morgan fingerprint density at radius 2 is 1.95 bits per heavy atom. The lowest BCUT2D eigenvalue weighted by Gasteiger charge is -2.22. The Kier molecular flexibility index (Phi) is 4.59. The highest BCUT2D eigenvalue weighted by Gasteiger charge is 2.30. The van der Waals surface area contributed by atoms with Gasteiger partial charge in [-0.25, -0.2) is 21.6 Å². The van der Waals surface area contributed by atoms with Crippen LogP contribution in [-0.4, -0.2) is 39.3 Å². The molecule has 1 aliphatic rings. The van der Waals surface area contributed by atoms with Crippen molar-refractivity contribution in [3.05, 3.63) is 20.5 Å². The lowest BCUT2D eigenvalue weighted by Crippen LogP contribution is -2.40. The Hall–Kier alpha value is -0.750. The first kappa shape index (κ1) is 16.6. The summed E-state index contributed by atoms with van der Waals surface area (Å²) < 4.78 is 48.7. The number of nitrogens with one attached hydrogen (secondary N) is 1. The molecule has 0 unspecified atom stereocenters. The highest BCUT2D eigenvalue weighted by atomic mass is 35.5. The predicted octanol–water partition coefficient (Wildman–Crippen LogP) is 1.17. The number of rotatable bonds is 4. The van der Waals surface area contributed by atoms with Gasteiger partial charge in [-0.05, 0) is 12.8 Å². The van der Waals surface area contributed by atoms with Gasteiger partial charge in [-0.3, -0.25) is 10.1 Å². The summed E-state index contributed by atoms with van der Waals surface area (Å²) in [6.07, 6.45) is 0.367. The zero-order valence-corrected chi connectivity index (χ0v) is 13.7. The largest absolute Gasteiger partial charge is 0.300 e. The summed E-state index contributed by atoms with van der Waals surface area (Å²) >= 11 is 6.22. The zero-order valence-electron chi connectivity index (χ0n) is 10.5. The Bertz CT molecular complexity index is 755. The summed E-state index contributed by atoms with van der Waals surface area (Å²) in [4.78, 5) is 9.91. The van der Waals surface area contributed by atoms with Crippen molar-refractivity contribution in [2.75, 3.05) is 11.5 Å². The van der Waals surface area contributed by atoms with E-state index in [-0.39, 0.29) is 32.9 Å². The van der Waals surface area contributed by atoms with Crippen LogP contribution < -0.4 is 4.72 Å². The van der Waals surface area contributed by atoms with Gasteiger partial charge >= 0.3 is 0 Å². The monoisotopic (exact) mass is 374 g/mol. The second-order valence-corrected chi connectivity index (χ2v) is 10.4. The molecule has 2 rings (SSSR count). The normalized spacial score (nSPS) is 19.5. The fourth-order valence-electron chi connectivity index (χ4n) is 1.88. The molecule has 118 valence electrons. The molecule has 1 saturated heterocycles. The molecule has 2 heterocycles. The summed E-state index contributed by atoms with van der Waals surface area (Å²) in [5.74, 6) is -0.156. The molecule has 8 nitrogen and oxygen atoms in total. The SMILES string of the molecule is O=[N+]([O-])c1cc(S(=O)(=O)NC2CCS(=O)(=O)CC2)sc1Cl. The summed E-state index contributed by atoms with van der Waals surface area (Å²) in [5, 5.41) is 10.7. The number of sulfone groups is 1. The number of thiophene rings is 1. The van der Waals surface area contributed by atoms with Gasteiger partial charge in [0, 0.05) is 12.1 Å². The van der Waals surface area contributed by atoms with E-state index in [1.165, 1.54) is 0 Å². The molecule has 0 bridgehead atoms. The number of nitro groups is 1. The van der Waals surface area contributed by atoms with Crippen molar-refractivity contribution in [2.24, 2.45) is 0 Å². The van der Waals surface area contributed by atoms with E-state index >= 15 is 0 Å². The molecule has 1 aliphatic heterocycles.